The van der Waals surface area contributed by atoms with Gasteiger partial charge in [-0.3, -0.25) is 24.1 Å². The van der Waals surface area contributed by atoms with Crippen LogP contribution < -0.4 is 5.73 Å². The molecule has 1 fully saturated rings. The highest BCUT2D eigenvalue weighted by molar-refractivity contribution is 6.17. The predicted octanol–water partition coefficient (Wildman–Crippen LogP) is 5.29. The summed E-state index contributed by atoms with van der Waals surface area (Å²) in [5.74, 6) is -2.85. The summed E-state index contributed by atoms with van der Waals surface area (Å²) in [5.41, 5.74) is 5.02. The molecule has 0 radical (unpaired) electrons. The van der Waals surface area contributed by atoms with E-state index in [4.69, 9.17) is 10.7 Å². The summed E-state index contributed by atoms with van der Waals surface area (Å²) in [6, 6.07) is 10.9. The van der Waals surface area contributed by atoms with Crippen molar-refractivity contribution in [2.45, 2.75) is 77.0 Å². The summed E-state index contributed by atoms with van der Waals surface area (Å²) in [7, 11) is 0. The number of carbonyl (C=O) groups excluding carboxylic acids is 4. The molecule has 0 spiro atoms. The van der Waals surface area contributed by atoms with Gasteiger partial charge in [0.2, 0.25) is 5.91 Å². The predicted molar refractivity (Wildman–Crippen MR) is 173 cm³/mol. The minimum absolute atomic E-state index is 0.0278. The lowest BCUT2D eigenvalue weighted by molar-refractivity contribution is -0.146. The Bertz CT molecular complexity index is 1710. The maximum atomic E-state index is 15.0. The molecular formula is C36H40F3N5O4. The highest BCUT2D eigenvalue weighted by Crippen LogP contribution is 2.45. The Morgan fingerprint density at radius 2 is 1.69 bits per heavy atom. The smallest absolute Gasteiger partial charge is 0.254 e. The molecule has 2 aliphatic rings. The Labute approximate surface area is 277 Å². The van der Waals surface area contributed by atoms with Crippen LogP contribution in [0.1, 0.15) is 70.3 Å². The molecule has 48 heavy (non-hydrogen) atoms. The fourth-order valence-electron chi connectivity index (χ4n) is 6.32. The Kier molecular flexibility index (Phi) is 10.0. The van der Waals surface area contributed by atoms with E-state index in [0.29, 0.717) is 25.2 Å². The molecule has 0 unspecified atom stereocenters. The Balaban J connectivity index is 1.52. The number of nitrogens with two attached hydrogens (primary N) is 1. The highest BCUT2D eigenvalue weighted by atomic mass is 19.1. The summed E-state index contributed by atoms with van der Waals surface area (Å²) in [6.45, 7) is 5.23. The topological polar surface area (TPSA) is 119 Å². The van der Waals surface area contributed by atoms with Gasteiger partial charge in [0.15, 0.2) is 5.78 Å². The number of halogens is 3. The van der Waals surface area contributed by atoms with Crippen molar-refractivity contribution in [1.82, 2.24) is 19.4 Å². The minimum Gasteiger partial charge on any atom is -0.332 e. The molecule has 1 saturated carbocycles. The zero-order valence-corrected chi connectivity index (χ0v) is 27.3. The van der Waals surface area contributed by atoms with Crippen molar-refractivity contribution in [2.24, 2.45) is 11.1 Å². The second-order valence-electron chi connectivity index (χ2n) is 13.6. The minimum atomic E-state index is -1.25. The summed E-state index contributed by atoms with van der Waals surface area (Å²) in [4.78, 5) is 59.7. The van der Waals surface area contributed by atoms with Crippen molar-refractivity contribution in [3.63, 3.8) is 0 Å². The molecule has 254 valence electrons. The molecule has 1 aliphatic heterocycles. The zero-order chi connectivity index (χ0) is 34.8. The number of ketones is 1. The molecular weight excluding hydrogens is 623 g/mol. The number of Topliss-reactive ketones (excluding diaryl/α,β-unsaturated/α-hetero) is 1. The molecule has 0 bridgehead atoms. The molecule has 2 atom stereocenters. The van der Waals surface area contributed by atoms with Crippen molar-refractivity contribution in [1.29, 1.82) is 0 Å². The van der Waals surface area contributed by atoms with E-state index in [1.165, 1.54) is 4.90 Å². The average Bonchev–Trinajstić information content (AvgIpc) is 3.63. The molecule has 3 amide bonds. The van der Waals surface area contributed by atoms with E-state index < -0.39 is 59.1 Å². The van der Waals surface area contributed by atoms with Crippen LogP contribution in [0.5, 0.6) is 0 Å². The molecule has 12 heteroatoms. The fourth-order valence-corrected chi connectivity index (χ4v) is 6.32. The first kappa shape index (κ1) is 34.7. The Morgan fingerprint density at radius 3 is 2.29 bits per heavy atom. The van der Waals surface area contributed by atoms with Gasteiger partial charge in [-0.2, -0.15) is 0 Å². The lowest BCUT2D eigenvalue weighted by atomic mass is 9.84. The first-order valence-corrected chi connectivity index (χ1v) is 16.0. The van der Waals surface area contributed by atoms with Gasteiger partial charge in [-0.1, -0.05) is 51.1 Å². The number of benzene rings is 2. The van der Waals surface area contributed by atoms with Crippen molar-refractivity contribution in [3.05, 3.63) is 89.9 Å². The number of hydrogen-bond donors (Lipinski definition) is 1. The summed E-state index contributed by atoms with van der Waals surface area (Å²) < 4.78 is 44.7. The number of alkyl halides is 1. The first-order chi connectivity index (χ1) is 22.7. The van der Waals surface area contributed by atoms with Crippen molar-refractivity contribution < 1.29 is 32.3 Å². The van der Waals surface area contributed by atoms with Crippen LogP contribution >= 0.6 is 0 Å². The van der Waals surface area contributed by atoms with E-state index in [9.17, 15) is 28.0 Å². The normalized spacial score (nSPS) is 16.7. The number of amides is 3. The number of carbonyl (C=O) groups is 4. The lowest BCUT2D eigenvalue weighted by Gasteiger charge is -2.40. The van der Waals surface area contributed by atoms with Gasteiger partial charge in [0.1, 0.15) is 29.7 Å². The monoisotopic (exact) mass is 663 g/mol. The SMILES string of the molecule is CC(C)(C)[C@H](c1nc(-c2cc(F)ccc2F)cn1Cc1ccccc1)N(CC[C@H](N)CF)C(=O)CCC(=O)C1(N2C(=O)C=CC2=O)CC1. The second-order valence-corrected chi connectivity index (χ2v) is 13.6. The first-order valence-electron chi connectivity index (χ1n) is 16.0. The Hall–Kier alpha value is -4.58. The number of aromatic nitrogens is 2. The second kappa shape index (κ2) is 13.9. The standard InChI is InChI=1S/C36H40F3N5O4/c1-35(2,3)33(34-41-28(26-19-24(38)9-10-27(26)39)22-42(34)21-23-7-5-4-6-8-23)43(18-15-25(40)20-37)30(46)12-11-29(45)36(16-17-36)44-31(47)13-14-32(44)48/h4-10,13-14,19,22,25,33H,11-12,15-18,20-21,40H2,1-3H3/t25-,33-/m0/s1. The maximum absolute atomic E-state index is 15.0. The molecule has 9 nitrogen and oxygen atoms in total. The third-order valence-electron chi connectivity index (χ3n) is 8.89. The van der Waals surface area contributed by atoms with E-state index in [1.54, 1.807) is 10.8 Å². The largest absolute Gasteiger partial charge is 0.332 e. The van der Waals surface area contributed by atoms with Crippen LogP contribution in [0.3, 0.4) is 0 Å². The number of hydrogen-bond acceptors (Lipinski definition) is 6. The number of nitrogens with zero attached hydrogens (tertiary/aromatic N) is 4. The molecule has 3 aromatic rings. The van der Waals surface area contributed by atoms with Crippen LogP contribution in [0.4, 0.5) is 13.2 Å². The molecule has 1 aliphatic carbocycles. The van der Waals surface area contributed by atoms with Crippen LogP contribution in [-0.4, -0.2) is 67.7 Å². The number of rotatable bonds is 14. The molecule has 5 rings (SSSR count). The van der Waals surface area contributed by atoms with Crippen LogP contribution in [0.25, 0.3) is 11.3 Å². The highest BCUT2D eigenvalue weighted by Gasteiger charge is 2.58. The summed E-state index contributed by atoms with van der Waals surface area (Å²) >= 11 is 0. The van der Waals surface area contributed by atoms with Crippen LogP contribution in [0, 0.1) is 17.0 Å². The molecule has 2 heterocycles. The molecule has 1 aromatic heterocycles. The Morgan fingerprint density at radius 1 is 1.02 bits per heavy atom. The summed E-state index contributed by atoms with van der Waals surface area (Å²) in [5, 5.41) is 0. The molecule has 2 N–H and O–H groups in total. The van der Waals surface area contributed by atoms with Crippen molar-refractivity contribution in [3.8, 4) is 11.3 Å². The molecule has 2 aromatic carbocycles. The lowest BCUT2D eigenvalue weighted by Crippen LogP contribution is -2.48. The number of imide groups is 1. The average molecular weight is 664 g/mol. The van der Waals surface area contributed by atoms with E-state index in [2.05, 4.69) is 0 Å². The quantitative estimate of drug-likeness (QED) is 0.235. The van der Waals surface area contributed by atoms with E-state index in [1.807, 2.05) is 51.1 Å². The van der Waals surface area contributed by atoms with Crippen LogP contribution in [0.15, 0.2) is 66.9 Å². The van der Waals surface area contributed by atoms with E-state index in [0.717, 1.165) is 40.8 Å². The van der Waals surface area contributed by atoms with E-state index in [-0.39, 0.29) is 42.8 Å². The van der Waals surface area contributed by atoms with Gasteiger partial charge >= 0.3 is 0 Å². The third kappa shape index (κ3) is 7.28. The van der Waals surface area contributed by atoms with Gasteiger partial charge in [-0.05, 0) is 48.4 Å². The summed E-state index contributed by atoms with van der Waals surface area (Å²) in [6.07, 6.45) is 4.18. The molecule has 0 saturated heterocycles. The van der Waals surface area contributed by atoms with Gasteiger partial charge < -0.3 is 15.2 Å². The maximum Gasteiger partial charge on any atom is 0.254 e. The van der Waals surface area contributed by atoms with Gasteiger partial charge in [0.05, 0.1) is 11.7 Å². The van der Waals surface area contributed by atoms with Gasteiger partial charge in [-0.15, -0.1) is 0 Å². The zero-order valence-electron chi connectivity index (χ0n) is 27.3. The van der Waals surface area contributed by atoms with Gasteiger partial charge in [0, 0.05) is 55.9 Å². The number of imidazole rings is 1. The van der Waals surface area contributed by atoms with Crippen LogP contribution in [-0.2, 0) is 25.7 Å². The van der Waals surface area contributed by atoms with Crippen LogP contribution in [0.2, 0.25) is 0 Å². The van der Waals surface area contributed by atoms with E-state index >= 15 is 4.39 Å². The van der Waals surface area contributed by atoms with Crippen molar-refractivity contribution in [2.75, 3.05) is 13.2 Å². The fraction of sp³-hybridized carbons (Fsp3) is 0.417. The van der Waals surface area contributed by atoms with Gasteiger partial charge in [0.25, 0.3) is 11.8 Å². The van der Waals surface area contributed by atoms with Crippen molar-refractivity contribution >= 4 is 23.5 Å². The third-order valence-corrected chi connectivity index (χ3v) is 8.89. The van der Waals surface area contributed by atoms with Gasteiger partial charge in [-0.25, -0.2) is 18.2 Å².